The van der Waals surface area contributed by atoms with Crippen molar-refractivity contribution in [2.24, 2.45) is 0 Å². The van der Waals surface area contributed by atoms with Gasteiger partial charge in [-0.05, 0) is 30.3 Å². The van der Waals surface area contributed by atoms with Crippen LogP contribution >= 0.6 is 11.6 Å². The second-order valence-electron chi connectivity index (χ2n) is 5.97. The predicted octanol–water partition coefficient (Wildman–Crippen LogP) is 1.92. The number of hydrogen-bond donors (Lipinski definition) is 2. The molecule has 0 aromatic heterocycles. The van der Waals surface area contributed by atoms with Gasteiger partial charge in [-0.25, -0.2) is 0 Å². The second-order valence-corrected chi connectivity index (χ2v) is 6.40. The fraction of sp³-hybridized carbons (Fsp3) is 0.278. The molecule has 0 aliphatic heterocycles. The number of nitro benzene ring substituents is 1. The average molecular weight is 395 g/mol. The Kier molecular flexibility index (Phi) is 6.98. The quantitative estimate of drug-likeness (QED) is 0.527. The van der Waals surface area contributed by atoms with Crippen LogP contribution in [0.25, 0.3) is 0 Å². The molecule has 0 spiro atoms. The fourth-order valence-electron chi connectivity index (χ4n) is 2.63. The molecular weight excluding hydrogens is 374 g/mol. The van der Waals surface area contributed by atoms with E-state index in [1.807, 2.05) is 19.2 Å². The molecule has 1 amide bonds. The van der Waals surface area contributed by atoms with E-state index in [0.717, 1.165) is 10.5 Å². The molecular formula is C18H21ClN3O5+. The summed E-state index contributed by atoms with van der Waals surface area (Å²) < 4.78 is 10.5. The molecule has 8 nitrogen and oxygen atoms in total. The maximum atomic E-state index is 12.3. The van der Waals surface area contributed by atoms with Gasteiger partial charge in [0, 0.05) is 16.7 Å². The van der Waals surface area contributed by atoms with Crippen LogP contribution in [0.2, 0.25) is 5.02 Å². The third-order valence-corrected chi connectivity index (χ3v) is 4.08. The molecule has 0 saturated heterocycles. The van der Waals surface area contributed by atoms with Gasteiger partial charge in [-0.1, -0.05) is 11.6 Å². The number of carbonyl (C=O) groups excluding carboxylic acids is 1. The van der Waals surface area contributed by atoms with E-state index in [9.17, 15) is 14.9 Å². The highest BCUT2D eigenvalue weighted by Crippen LogP contribution is 2.28. The topological polar surface area (TPSA) is 95.1 Å². The van der Waals surface area contributed by atoms with Gasteiger partial charge in [-0.2, -0.15) is 0 Å². The van der Waals surface area contributed by atoms with Crippen LogP contribution in [0.1, 0.15) is 5.56 Å². The molecule has 1 atom stereocenters. The van der Waals surface area contributed by atoms with Crippen molar-refractivity contribution in [2.75, 3.05) is 33.1 Å². The minimum absolute atomic E-state index is 0.119. The van der Waals surface area contributed by atoms with E-state index < -0.39 is 4.92 Å². The number of nitrogens with one attached hydrogen (secondary N) is 2. The lowest BCUT2D eigenvalue weighted by atomic mass is 10.2. The van der Waals surface area contributed by atoms with Crippen LogP contribution in [-0.4, -0.2) is 38.6 Å². The summed E-state index contributed by atoms with van der Waals surface area (Å²) in [7, 11) is 4.98. The van der Waals surface area contributed by atoms with Gasteiger partial charge in [0.15, 0.2) is 18.0 Å². The Morgan fingerprint density at radius 1 is 1.19 bits per heavy atom. The first-order valence-electron chi connectivity index (χ1n) is 8.10. The number of carbonyl (C=O) groups is 1. The van der Waals surface area contributed by atoms with Gasteiger partial charge in [-0.15, -0.1) is 0 Å². The molecule has 1 unspecified atom stereocenters. The first-order valence-corrected chi connectivity index (χ1v) is 8.47. The number of nitro groups is 1. The molecule has 2 aromatic carbocycles. The standard InChI is InChI=1S/C18H20ClN3O5/c1-21(10-12-4-7-16(26-2)17(8-12)27-3)11-18(23)20-14-6-5-13(19)9-15(14)22(24)25/h4-9H,10-11H2,1-3H3,(H,20,23)/p+1. The van der Waals surface area contributed by atoms with E-state index in [1.165, 1.54) is 18.2 Å². The van der Waals surface area contributed by atoms with E-state index in [2.05, 4.69) is 5.32 Å². The Morgan fingerprint density at radius 2 is 1.89 bits per heavy atom. The van der Waals surface area contributed by atoms with Crippen molar-refractivity contribution in [3.8, 4) is 11.5 Å². The highest BCUT2D eigenvalue weighted by atomic mass is 35.5. The largest absolute Gasteiger partial charge is 0.493 e. The van der Waals surface area contributed by atoms with Crippen molar-refractivity contribution in [3.05, 3.63) is 57.1 Å². The number of anilines is 1. The number of halogens is 1. The first-order chi connectivity index (χ1) is 12.8. The molecule has 0 saturated carbocycles. The molecule has 2 rings (SSSR count). The Balaban J connectivity index is 2.01. The molecule has 144 valence electrons. The van der Waals surface area contributed by atoms with Crippen LogP contribution in [0.4, 0.5) is 11.4 Å². The van der Waals surface area contributed by atoms with Crippen LogP contribution in [0.15, 0.2) is 36.4 Å². The van der Waals surface area contributed by atoms with Crippen molar-refractivity contribution in [1.82, 2.24) is 0 Å². The Hall–Kier alpha value is -2.84. The van der Waals surface area contributed by atoms with Crippen LogP contribution < -0.4 is 19.7 Å². The summed E-state index contributed by atoms with van der Waals surface area (Å²) in [5.74, 6) is 0.911. The number of hydrogen-bond acceptors (Lipinski definition) is 5. The molecule has 0 heterocycles. The van der Waals surface area contributed by atoms with Gasteiger partial charge >= 0.3 is 0 Å². The SMILES string of the molecule is COc1ccc(C[NH+](C)CC(=O)Nc2ccc(Cl)cc2[N+](=O)[O-])cc1OC. The van der Waals surface area contributed by atoms with Gasteiger partial charge in [0.25, 0.3) is 11.6 Å². The summed E-state index contributed by atoms with van der Waals surface area (Å²) in [5.41, 5.74) is 0.845. The van der Waals surface area contributed by atoms with E-state index >= 15 is 0 Å². The molecule has 0 fully saturated rings. The monoisotopic (exact) mass is 394 g/mol. The molecule has 0 bridgehead atoms. The lowest BCUT2D eigenvalue weighted by Gasteiger charge is -2.15. The highest BCUT2D eigenvalue weighted by molar-refractivity contribution is 6.31. The second kappa shape index (κ2) is 9.20. The molecule has 9 heteroatoms. The van der Waals surface area contributed by atoms with Crippen LogP contribution in [0.5, 0.6) is 11.5 Å². The third-order valence-electron chi connectivity index (χ3n) is 3.85. The summed E-state index contributed by atoms with van der Waals surface area (Å²) in [6, 6.07) is 9.67. The molecule has 2 aromatic rings. The lowest BCUT2D eigenvalue weighted by Crippen LogP contribution is -3.08. The zero-order valence-electron chi connectivity index (χ0n) is 15.2. The number of amides is 1. The minimum Gasteiger partial charge on any atom is -0.493 e. The zero-order chi connectivity index (χ0) is 20.0. The van der Waals surface area contributed by atoms with Crippen molar-refractivity contribution in [3.63, 3.8) is 0 Å². The maximum absolute atomic E-state index is 12.3. The van der Waals surface area contributed by atoms with Gasteiger partial charge in [-0.3, -0.25) is 14.9 Å². The summed E-state index contributed by atoms with van der Waals surface area (Å²) in [4.78, 5) is 23.7. The van der Waals surface area contributed by atoms with E-state index in [-0.39, 0.29) is 28.8 Å². The number of likely N-dealkylation sites (N-methyl/N-ethyl adjacent to an activating group) is 1. The predicted molar refractivity (Wildman–Crippen MR) is 102 cm³/mol. The van der Waals surface area contributed by atoms with E-state index in [4.69, 9.17) is 21.1 Å². The number of ether oxygens (including phenoxy) is 2. The molecule has 0 aliphatic rings. The maximum Gasteiger partial charge on any atom is 0.294 e. The van der Waals surface area contributed by atoms with Crippen LogP contribution in [0, 0.1) is 10.1 Å². The number of rotatable bonds is 8. The summed E-state index contributed by atoms with van der Waals surface area (Å²) in [6.07, 6.45) is 0. The molecule has 2 N–H and O–H groups in total. The van der Waals surface area contributed by atoms with Crippen LogP contribution in [-0.2, 0) is 11.3 Å². The molecule has 0 aliphatic carbocycles. The summed E-state index contributed by atoms with van der Waals surface area (Å²) >= 11 is 5.78. The van der Waals surface area contributed by atoms with Gasteiger partial charge < -0.3 is 19.7 Å². The van der Waals surface area contributed by atoms with E-state index in [0.29, 0.717) is 18.0 Å². The Morgan fingerprint density at radius 3 is 2.52 bits per heavy atom. The third kappa shape index (κ3) is 5.57. The molecule has 27 heavy (non-hydrogen) atoms. The summed E-state index contributed by atoms with van der Waals surface area (Å²) in [6.45, 7) is 0.699. The number of nitrogens with zero attached hydrogens (tertiary/aromatic N) is 1. The Bertz CT molecular complexity index is 844. The fourth-order valence-corrected chi connectivity index (χ4v) is 2.80. The normalized spacial score (nSPS) is 11.6. The summed E-state index contributed by atoms with van der Waals surface area (Å²) in [5, 5.41) is 13.9. The Labute approximate surface area is 161 Å². The highest BCUT2D eigenvalue weighted by Gasteiger charge is 2.19. The molecule has 0 radical (unpaired) electrons. The van der Waals surface area contributed by atoms with Crippen molar-refractivity contribution in [2.45, 2.75) is 6.54 Å². The van der Waals surface area contributed by atoms with Gasteiger partial charge in [0.1, 0.15) is 12.2 Å². The average Bonchev–Trinajstić information content (AvgIpc) is 2.62. The number of benzene rings is 2. The lowest BCUT2D eigenvalue weighted by molar-refractivity contribution is -0.885. The van der Waals surface area contributed by atoms with Gasteiger partial charge in [0.05, 0.1) is 26.2 Å². The smallest absolute Gasteiger partial charge is 0.294 e. The number of methoxy groups -OCH3 is 2. The van der Waals surface area contributed by atoms with Crippen LogP contribution in [0.3, 0.4) is 0 Å². The van der Waals surface area contributed by atoms with Crippen molar-refractivity contribution in [1.29, 1.82) is 0 Å². The minimum atomic E-state index is -0.582. The van der Waals surface area contributed by atoms with Crippen molar-refractivity contribution < 1.29 is 24.1 Å². The van der Waals surface area contributed by atoms with E-state index in [1.54, 1.807) is 20.3 Å². The zero-order valence-corrected chi connectivity index (χ0v) is 16.0. The van der Waals surface area contributed by atoms with Gasteiger partial charge in [0.2, 0.25) is 0 Å². The number of quaternary nitrogens is 1. The van der Waals surface area contributed by atoms with Crippen molar-refractivity contribution >= 4 is 28.9 Å². The first kappa shape index (κ1) is 20.5.